The van der Waals surface area contributed by atoms with E-state index < -0.39 is 5.97 Å². The van der Waals surface area contributed by atoms with E-state index in [9.17, 15) is 15.0 Å². The Morgan fingerprint density at radius 2 is 1.45 bits per heavy atom. The van der Waals surface area contributed by atoms with Gasteiger partial charge in [-0.05, 0) is 30.0 Å². The third kappa shape index (κ3) is 10.6. The number of rotatable bonds is 9. The lowest BCUT2D eigenvalue weighted by Gasteiger charge is -2.21. The van der Waals surface area contributed by atoms with Crippen LogP contribution < -0.4 is 0 Å². The summed E-state index contributed by atoms with van der Waals surface area (Å²) in [5.74, 6) is -0.519. The first-order valence-corrected chi connectivity index (χ1v) is 9.94. The van der Waals surface area contributed by atoms with Crippen LogP contribution in [0.4, 0.5) is 0 Å². The highest BCUT2D eigenvalue weighted by Gasteiger charge is 2.18. The van der Waals surface area contributed by atoms with Gasteiger partial charge in [0.25, 0.3) is 0 Å². The standard InChI is InChI=1S/C16H14O3.C8H18O2/c17-16(12-11-14-7-3-1-4-8-14)19-18-13-15-9-5-2-6-10-15;1-4-7(9)6(3)8(10)5-2/h1-12H,13H2;6-10H,4-5H2,1-3H3/t;6?,7-,8+. The first-order chi connectivity index (χ1) is 14.0. The second-order valence-electron chi connectivity index (χ2n) is 6.70. The van der Waals surface area contributed by atoms with Gasteiger partial charge in [0.15, 0.2) is 0 Å². The molecule has 2 rings (SSSR count). The molecule has 0 aliphatic carbocycles. The third-order valence-electron chi connectivity index (χ3n) is 4.47. The molecule has 5 heteroatoms. The van der Waals surface area contributed by atoms with Gasteiger partial charge in [-0.15, -0.1) is 0 Å². The highest BCUT2D eigenvalue weighted by atomic mass is 17.2. The lowest BCUT2D eigenvalue weighted by molar-refractivity contribution is -0.275. The van der Waals surface area contributed by atoms with Crippen molar-refractivity contribution in [3.63, 3.8) is 0 Å². The lowest BCUT2D eigenvalue weighted by atomic mass is 9.95. The number of carbonyl (C=O) groups is 1. The summed E-state index contributed by atoms with van der Waals surface area (Å²) >= 11 is 0. The van der Waals surface area contributed by atoms with Crippen LogP contribution in [0, 0.1) is 5.92 Å². The average Bonchev–Trinajstić information content (AvgIpc) is 2.78. The minimum Gasteiger partial charge on any atom is -0.393 e. The summed E-state index contributed by atoms with van der Waals surface area (Å²) in [5, 5.41) is 18.5. The molecular weight excluding hydrogens is 368 g/mol. The highest BCUT2D eigenvalue weighted by molar-refractivity contribution is 5.86. The van der Waals surface area contributed by atoms with Gasteiger partial charge < -0.3 is 10.2 Å². The predicted octanol–water partition coefficient (Wildman–Crippen LogP) is 4.54. The first-order valence-electron chi connectivity index (χ1n) is 9.94. The SMILES string of the molecule is CC[C@@H](O)C(C)[C@@H](O)CC.O=C(C=Cc1ccccc1)OOCc1ccccc1. The minimum atomic E-state index is -0.528. The summed E-state index contributed by atoms with van der Waals surface area (Å²) in [6, 6.07) is 19.0. The van der Waals surface area contributed by atoms with Gasteiger partial charge in [-0.25, -0.2) is 4.79 Å². The highest BCUT2D eigenvalue weighted by Crippen LogP contribution is 2.13. The second-order valence-corrected chi connectivity index (χ2v) is 6.70. The molecule has 0 bridgehead atoms. The molecule has 1 unspecified atom stereocenters. The molecule has 2 aromatic rings. The minimum absolute atomic E-state index is 0.00926. The van der Waals surface area contributed by atoms with Crippen molar-refractivity contribution in [3.05, 3.63) is 77.9 Å². The van der Waals surface area contributed by atoms with Crippen LogP contribution in [0.2, 0.25) is 0 Å². The zero-order chi connectivity index (χ0) is 21.5. The molecule has 0 amide bonds. The summed E-state index contributed by atoms with van der Waals surface area (Å²) in [4.78, 5) is 20.9. The van der Waals surface area contributed by atoms with Gasteiger partial charge in [0.1, 0.15) is 6.61 Å². The van der Waals surface area contributed by atoms with E-state index in [1.54, 1.807) is 6.08 Å². The Labute approximate surface area is 173 Å². The maximum atomic E-state index is 11.4. The molecule has 0 spiro atoms. The van der Waals surface area contributed by atoms with Crippen molar-refractivity contribution in [2.75, 3.05) is 0 Å². The van der Waals surface area contributed by atoms with Crippen molar-refractivity contribution >= 4 is 12.0 Å². The fourth-order valence-corrected chi connectivity index (χ4v) is 2.49. The van der Waals surface area contributed by atoms with E-state index in [4.69, 9.17) is 4.89 Å². The Bertz CT molecular complexity index is 690. The number of hydrogen-bond acceptors (Lipinski definition) is 5. The molecular formula is C24H32O5. The third-order valence-corrected chi connectivity index (χ3v) is 4.47. The molecule has 0 heterocycles. The van der Waals surface area contributed by atoms with E-state index in [1.165, 1.54) is 6.08 Å². The monoisotopic (exact) mass is 400 g/mol. The number of hydrogen-bond donors (Lipinski definition) is 2. The topological polar surface area (TPSA) is 76.0 Å². The fourth-order valence-electron chi connectivity index (χ4n) is 2.49. The number of benzene rings is 2. The maximum absolute atomic E-state index is 11.4. The van der Waals surface area contributed by atoms with Crippen LogP contribution in [-0.4, -0.2) is 28.4 Å². The lowest BCUT2D eigenvalue weighted by Crippen LogP contribution is -2.28. The number of aliphatic hydroxyl groups excluding tert-OH is 2. The van der Waals surface area contributed by atoms with Crippen molar-refractivity contribution in [2.45, 2.75) is 52.4 Å². The normalized spacial score (nSPS) is 13.8. The molecule has 0 radical (unpaired) electrons. The Hall–Kier alpha value is -2.47. The molecule has 29 heavy (non-hydrogen) atoms. The Morgan fingerprint density at radius 1 is 0.931 bits per heavy atom. The molecule has 2 N–H and O–H groups in total. The van der Waals surface area contributed by atoms with Crippen LogP contribution in [0.3, 0.4) is 0 Å². The maximum Gasteiger partial charge on any atom is 0.365 e. The van der Waals surface area contributed by atoms with Crippen molar-refractivity contribution in [3.8, 4) is 0 Å². The number of aliphatic hydroxyl groups is 2. The van der Waals surface area contributed by atoms with Crippen LogP contribution in [0.15, 0.2) is 66.7 Å². The van der Waals surface area contributed by atoms with Crippen LogP contribution >= 0.6 is 0 Å². The van der Waals surface area contributed by atoms with Gasteiger partial charge in [0.2, 0.25) is 0 Å². The number of carbonyl (C=O) groups excluding carboxylic acids is 1. The smallest absolute Gasteiger partial charge is 0.365 e. The molecule has 0 aliphatic rings. The van der Waals surface area contributed by atoms with Gasteiger partial charge in [-0.1, -0.05) is 81.4 Å². The molecule has 0 aromatic heterocycles. The van der Waals surface area contributed by atoms with Gasteiger partial charge in [-0.3, -0.25) is 4.89 Å². The van der Waals surface area contributed by atoms with E-state index in [0.29, 0.717) is 0 Å². The molecule has 0 saturated carbocycles. The zero-order valence-electron chi connectivity index (χ0n) is 17.4. The summed E-state index contributed by atoms with van der Waals surface area (Å²) < 4.78 is 0. The van der Waals surface area contributed by atoms with E-state index in [1.807, 2.05) is 81.4 Å². The first kappa shape index (κ1) is 24.6. The van der Waals surface area contributed by atoms with Crippen molar-refractivity contribution in [1.82, 2.24) is 0 Å². The van der Waals surface area contributed by atoms with Crippen LogP contribution in [0.25, 0.3) is 6.08 Å². The van der Waals surface area contributed by atoms with E-state index in [2.05, 4.69) is 4.89 Å². The molecule has 5 nitrogen and oxygen atoms in total. The van der Waals surface area contributed by atoms with Crippen LogP contribution in [0.5, 0.6) is 0 Å². The van der Waals surface area contributed by atoms with Gasteiger partial charge in [0, 0.05) is 12.0 Å². The largest absolute Gasteiger partial charge is 0.393 e. The molecule has 0 fully saturated rings. The summed E-state index contributed by atoms with van der Waals surface area (Å²) in [6.45, 7) is 5.96. The fraction of sp³-hybridized carbons (Fsp3) is 0.375. The van der Waals surface area contributed by atoms with Gasteiger partial charge in [0.05, 0.1) is 12.2 Å². The van der Waals surface area contributed by atoms with E-state index >= 15 is 0 Å². The average molecular weight is 401 g/mol. The van der Waals surface area contributed by atoms with Crippen molar-refractivity contribution in [1.29, 1.82) is 0 Å². The molecule has 3 atom stereocenters. The summed E-state index contributed by atoms with van der Waals surface area (Å²) in [7, 11) is 0. The van der Waals surface area contributed by atoms with Crippen LogP contribution in [0.1, 0.15) is 44.7 Å². The Morgan fingerprint density at radius 3 is 1.97 bits per heavy atom. The second kappa shape index (κ2) is 14.5. The van der Waals surface area contributed by atoms with Crippen molar-refractivity contribution in [2.24, 2.45) is 5.92 Å². The molecule has 2 aromatic carbocycles. The summed E-state index contributed by atoms with van der Waals surface area (Å²) in [6.07, 6.45) is 3.75. The molecule has 158 valence electrons. The van der Waals surface area contributed by atoms with Gasteiger partial charge in [-0.2, -0.15) is 4.89 Å². The summed E-state index contributed by atoms with van der Waals surface area (Å²) in [5.41, 5.74) is 1.88. The van der Waals surface area contributed by atoms with E-state index in [0.717, 1.165) is 24.0 Å². The van der Waals surface area contributed by atoms with Gasteiger partial charge >= 0.3 is 5.97 Å². The Kier molecular flexibility index (Phi) is 12.3. The Balaban J connectivity index is 0.000000359. The molecule has 0 saturated heterocycles. The quantitative estimate of drug-likeness (QED) is 0.367. The molecule has 0 aliphatic heterocycles. The van der Waals surface area contributed by atoms with Crippen LogP contribution in [-0.2, 0) is 21.2 Å². The van der Waals surface area contributed by atoms with Crippen molar-refractivity contribution < 1.29 is 24.8 Å². The predicted molar refractivity (Wildman–Crippen MR) is 115 cm³/mol. The van der Waals surface area contributed by atoms with E-state index in [-0.39, 0.29) is 24.7 Å². The zero-order valence-corrected chi connectivity index (χ0v) is 17.4.